The van der Waals surface area contributed by atoms with Gasteiger partial charge in [-0.05, 0) is 13.8 Å². The number of rotatable bonds is 7. The highest BCUT2D eigenvalue weighted by molar-refractivity contribution is 6.46. The third kappa shape index (κ3) is 4.23. The Hall–Kier alpha value is 0.137. The zero-order valence-electron chi connectivity index (χ0n) is 8.72. The van der Waals surface area contributed by atoms with E-state index >= 15 is 0 Å². The Bertz CT molecular complexity index is 88.5. The van der Waals surface area contributed by atoms with Gasteiger partial charge in [0.1, 0.15) is 0 Å². The van der Waals surface area contributed by atoms with Crippen molar-refractivity contribution in [3.8, 4) is 0 Å². The van der Waals surface area contributed by atoms with Crippen LogP contribution in [0, 0.1) is 0 Å². The Balaban J connectivity index is 3.86. The van der Waals surface area contributed by atoms with Gasteiger partial charge in [-0.3, -0.25) is 0 Å². The van der Waals surface area contributed by atoms with Crippen molar-refractivity contribution in [1.82, 2.24) is 0 Å². The second-order valence-electron chi connectivity index (χ2n) is 2.70. The summed E-state index contributed by atoms with van der Waals surface area (Å²) in [6, 6.07) is 0. The smallest absolute Gasteiger partial charge is 0.387 e. The normalized spacial score (nSPS) is 11.5. The van der Waals surface area contributed by atoms with Crippen LogP contribution in [-0.4, -0.2) is 22.5 Å². The third-order valence-corrected chi connectivity index (χ3v) is 4.52. The minimum Gasteiger partial charge on any atom is -0.393 e. The average Bonchev–Trinajstić information content (AvgIpc) is 2.07. The maximum atomic E-state index is 5.61. The summed E-state index contributed by atoms with van der Waals surface area (Å²) in [4.78, 5) is 0. The molecule has 0 rings (SSSR count). The van der Waals surface area contributed by atoms with Gasteiger partial charge in [-0.15, -0.1) is 0 Å². The Morgan fingerprint density at radius 3 is 1.58 bits per heavy atom. The zero-order valence-corrected chi connectivity index (χ0v) is 9.72. The van der Waals surface area contributed by atoms with E-state index in [1.807, 2.05) is 13.8 Å². The van der Waals surface area contributed by atoms with Crippen molar-refractivity contribution in [2.45, 2.75) is 46.1 Å². The van der Waals surface area contributed by atoms with Gasteiger partial charge >= 0.3 is 9.28 Å². The highest BCUT2D eigenvalue weighted by atomic mass is 28.3. The van der Waals surface area contributed by atoms with Crippen LogP contribution < -0.4 is 0 Å². The van der Waals surface area contributed by atoms with Crippen molar-refractivity contribution in [1.29, 1.82) is 0 Å². The summed E-state index contributed by atoms with van der Waals surface area (Å²) in [5.74, 6) is 0. The van der Waals surface area contributed by atoms with Crippen LogP contribution in [0.2, 0.25) is 5.54 Å². The standard InChI is InChI=1S/C9H21O2Si/c1-5-9(6-2)12(10-7-3)11-8-4/h9H,5-8H2,1-4H3. The molecule has 0 aliphatic rings. The summed E-state index contributed by atoms with van der Waals surface area (Å²) in [5, 5.41) is 0. The molecule has 0 atom stereocenters. The molecule has 0 spiro atoms. The van der Waals surface area contributed by atoms with Crippen LogP contribution in [0.4, 0.5) is 0 Å². The summed E-state index contributed by atoms with van der Waals surface area (Å²) < 4.78 is 11.2. The van der Waals surface area contributed by atoms with Crippen molar-refractivity contribution >= 4 is 9.28 Å². The second kappa shape index (κ2) is 7.77. The van der Waals surface area contributed by atoms with E-state index in [2.05, 4.69) is 13.8 Å². The fourth-order valence-corrected chi connectivity index (χ4v) is 2.97. The van der Waals surface area contributed by atoms with E-state index in [0.717, 1.165) is 13.2 Å². The van der Waals surface area contributed by atoms with E-state index in [-0.39, 0.29) is 0 Å². The van der Waals surface area contributed by atoms with Gasteiger partial charge in [0.05, 0.1) is 0 Å². The predicted molar refractivity (Wildman–Crippen MR) is 53.3 cm³/mol. The summed E-state index contributed by atoms with van der Waals surface area (Å²) in [6.45, 7) is 10.0. The van der Waals surface area contributed by atoms with Gasteiger partial charge in [0.15, 0.2) is 0 Å². The van der Waals surface area contributed by atoms with Crippen molar-refractivity contribution in [2.24, 2.45) is 0 Å². The molecule has 0 amide bonds. The van der Waals surface area contributed by atoms with Crippen molar-refractivity contribution in [3.63, 3.8) is 0 Å². The van der Waals surface area contributed by atoms with Gasteiger partial charge in [-0.1, -0.05) is 26.7 Å². The molecule has 0 aliphatic heterocycles. The topological polar surface area (TPSA) is 18.5 Å². The number of hydrogen-bond acceptors (Lipinski definition) is 2. The molecule has 0 heterocycles. The molecular formula is C9H21O2Si. The van der Waals surface area contributed by atoms with Gasteiger partial charge < -0.3 is 8.85 Å². The first-order valence-electron chi connectivity index (χ1n) is 4.92. The van der Waals surface area contributed by atoms with E-state index in [0.29, 0.717) is 5.54 Å². The maximum absolute atomic E-state index is 5.61. The van der Waals surface area contributed by atoms with Gasteiger partial charge in [0.25, 0.3) is 0 Å². The lowest BCUT2D eigenvalue weighted by atomic mass is 10.3. The van der Waals surface area contributed by atoms with Crippen LogP contribution in [0.15, 0.2) is 0 Å². The van der Waals surface area contributed by atoms with Crippen molar-refractivity contribution in [3.05, 3.63) is 0 Å². The maximum Gasteiger partial charge on any atom is 0.387 e. The third-order valence-electron chi connectivity index (χ3n) is 1.89. The van der Waals surface area contributed by atoms with E-state index in [4.69, 9.17) is 8.85 Å². The first kappa shape index (κ1) is 12.1. The summed E-state index contributed by atoms with van der Waals surface area (Å²) in [6.07, 6.45) is 2.34. The van der Waals surface area contributed by atoms with E-state index in [1.54, 1.807) is 0 Å². The van der Waals surface area contributed by atoms with Crippen LogP contribution >= 0.6 is 0 Å². The molecule has 1 radical (unpaired) electrons. The van der Waals surface area contributed by atoms with Crippen molar-refractivity contribution in [2.75, 3.05) is 13.2 Å². The lowest BCUT2D eigenvalue weighted by Crippen LogP contribution is -2.28. The highest BCUT2D eigenvalue weighted by Gasteiger charge is 2.24. The first-order chi connectivity index (χ1) is 5.79. The quantitative estimate of drug-likeness (QED) is 0.573. The Morgan fingerprint density at radius 1 is 0.917 bits per heavy atom. The molecule has 0 unspecified atom stereocenters. The molecule has 12 heavy (non-hydrogen) atoms. The lowest BCUT2D eigenvalue weighted by Gasteiger charge is -2.20. The Labute approximate surface area is 78.1 Å². The molecule has 0 bridgehead atoms. The van der Waals surface area contributed by atoms with E-state index in [1.165, 1.54) is 12.8 Å². The van der Waals surface area contributed by atoms with Crippen LogP contribution in [0.3, 0.4) is 0 Å². The van der Waals surface area contributed by atoms with Crippen LogP contribution in [-0.2, 0) is 8.85 Å². The average molecular weight is 189 g/mol. The molecule has 73 valence electrons. The van der Waals surface area contributed by atoms with Crippen LogP contribution in [0.5, 0.6) is 0 Å². The summed E-state index contributed by atoms with van der Waals surface area (Å²) in [7, 11) is -0.987. The van der Waals surface area contributed by atoms with Crippen molar-refractivity contribution < 1.29 is 8.85 Å². The van der Waals surface area contributed by atoms with Gasteiger partial charge in [-0.2, -0.15) is 0 Å². The highest BCUT2D eigenvalue weighted by Crippen LogP contribution is 2.20. The second-order valence-corrected chi connectivity index (χ2v) is 4.73. The zero-order chi connectivity index (χ0) is 9.40. The van der Waals surface area contributed by atoms with Gasteiger partial charge in [-0.25, -0.2) is 0 Å². The SMILES string of the molecule is CCO[Si](OCC)C(CC)CC. The molecule has 0 aromatic heterocycles. The van der Waals surface area contributed by atoms with Gasteiger partial charge in [0, 0.05) is 18.8 Å². The lowest BCUT2D eigenvalue weighted by molar-refractivity contribution is 0.202. The molecule has 0 N–H and O–H groups in total. The Morgan fingerprint density at radius 2 is 1.33 bits per heavy atom. The molecule has 0 aromatic carbocycles. The molecule has 0 saturated carbocycles. The van der Waals surface area contributed by atoms with Crippen LogP contribution in [0.1, 0.15) is 40.5 Å². The molecule has 0 fully saturated rings. The van der Waals surface area contributed by atoms with Crippen LogP contribution in [0.25, 0.3) is 0 Å². The molecule has 3 heteroatoms. The molecular weight excluding hydrogens is 168 g/mol. The molecule has 0 saturated heterocycles. The minimum absolute atomic E-state index is 0.648. The fourth-order valence-electron chi connectivity index (χ4n) is 1.18. The summed E-state index contributed by atoms with van der Waals surface area (Å²) in [5.41, 5.74) is 0.648. The molecule has 0 aliphatic carbocycles. The minimum atomic E-state index is -0.987. The van der Waals surface area contributed by atoms with E-state index in [9.17, 15) is 0 Å². The largest absolute Gasteiger partial charge is 0.393 e. The monoisotopic (exact) mass is 189 g/mol. The van der Waals surface area contributed by atoms with Gasteiger partial charge in [0.2, 0.25) is 0 Å². The fraction of sp³-hybridized carbons (Fsp3) is 1.00. The summed E-state index contributed by atoms with van der Waals surface area (Å²) >= 11 is 0. The molecule has 0 aromatic rings. The number of hydrogen-bond donors (Lipinski definition) is 0. The molecule has 2 nitrogen and oxygen atoms in total. The Kier molecular flexibility index (Phi) is 7.86. The van der Waals surface area contributed by atoms with E-state index < -0.39 is 9.28 Å². The first-order valence-corrected chi connectivity index (χ1v) is 6.31. The predicted octanol–water partition coefficient (Wildman–Crippen LogP) is 2.74.